The van der Waals surface area contributed by atoms with Crippen molar-refractivity contribution < 1.29 is 18.8 Å². The average molecular weight is 618 g/mol. The number of amides is 1. The van der Waals surface area contributed by atoms with Crippen molar-refractivity contribution in [2.24, 2.45) is 5.92 Å². The van der Waals surface area contributed by atoms with Crippen molar-refractivity contribution >= 4 is 34.7 Å². The van der Waals surface area contributed by atoms with Gasteiger partial charge in [-0.05, 0) is 86.4 Å². The number of nitrogens with one attached hydrogen (secondary N) is 2. The van der Waals surface area contributed by atoms with E-state index < -0.39 is 11.0 Å². The number of carbonyl (C=O) groups is 1. The van der Waals surface area contributed by atoms with Gasteiger partial charge in [0.15, 0.2) is 11.0 Å². The van der Waals surface area contributed by atoms with Gasteiger partial charge in [-0.1, -0.05) is 56.5 Å². The molecule has 4 rings (SSSR count). The average Bonchev–Trinajstić information content (AvgIpc) is 3.76. The highest BCUT2D eigenvalue weighted by atomic mass is 35.5. The highest BCUT2D eigenvalue weighted by Crippen LogP contribution is 2.38. The van der Waals surface area contributed by atoms with Gasteiger partial charge in [-0.25, -0.2) is 4.21 Å². The number of anilines is 1. The van der Waals surface area contributed by atoms with Gasteiger partial charge < -0.3 is 20.1 Å². The van der Waals surface area contributed by atoms with Crippen LogP contribution >= 0.6 is 11.6 Å². The van der Waals surface area contributed by atoms with Crippen molar-refractivity contribution in [2.45, 2.75) is 82.1 Å². The molecule has 42 heavy (non-hydrogen) atoms. The third-order valence-corrected chi connectivity index (χ3v) is 9.48. The number of benzene rings is 2. The lowest BCUT2D eigenvalue weighted by atomic mass is 9.91. The molecule has 2 aliphatic rings. The van der Waals surface area contributed by atoms with Crippen LogP contribution < -0.4 is 19.7 Å². The quantitative estimate of drug-likeness (QED) is 0.164. The van der Waals surface area contributed by atoms with E-state index in [-0.39, 0.29) is 5.92 Å². The lowest BCUT2D eigenvalue weighted by Crippen LogP contribution is -2.31. The summed E-state index contributed by atoms with van der Waals surface area (Å²) < 4.78 is 21.3. The Morgan fingerprint density at radius 3 is 2.67 bits per heavy atom. The second-order valence-electron chi connectivity index (χ2n) is 11.4. The third-order valence-electron chi connectivity index (χ3n) is 8.25. The fourth-order valence-electron chi connectivity index (χ4n) is 5.43. The normalized spacial score (nSPS) is 18.6. The molecule has 3 atom stereocenters. The van der Waals surface area contributed by atoms with Crippen LogP contribution in [0.15, 0.2) is 53.4 Å². The van der Waals surface area contributed by atoms with Crippen molar-refractivity contribution in [1.29, 1.82) is 0 Å². The number of aryl methyl sites for hydroxylation is 1. The van der Waals surface area contributed by atoms with E-state index in [1.165, 1.54) is 24.0 Å². The monoisotopic (exact) mass is 617 g/mol. The van der Waals surface area contributed by atoms with E-state index >= 15 is 0 Å². The molecule has 1 amide bonds. The largest absolute Gasteiger partial charge is 0.491 e. The molecule has 1 aliphatic carbocycles. The molecule has 2 aromatic rings. The number of rotatable bonds is 15. The van der Waals surface area contributed by atoms with Crippen LogP contribution in [-0.4, -0.2) is 54.6 Å². The van der Waals surface area contributed by atoms with Gasteiger partial charge in [-0.15, -0.1) is 0 Å². The molecule has 3 unspecified atom stereocenters. The fraction of sp³-hybridized carbons (Fsp3) is 0.545. The van der Waals surface area contributed by atoms with Crippen molar-refractivity contribution in [3.63, 3.8) is 0 Å². The van der Waals surface area contributed by atoms with Gasteiger partial charge in [0.05, 0.1) is 17.2 Å². The Kier molecular flexibility index (Phi) is 13.8. The second kappa shape index (κ2) is 17.0. The molecule has 1 aliphatic heterocycles. The first-order chi connectivity index (χ1) is 20.4. The van der Waals surface area contributed by atoms with Crippen LogP contribution in [0.2, 0.25) is 5.02 Å². The van der Waals surface area contributed by atoms with E-state index in [2.05, 4.69) is 60.0 Å². The number of hydrogen-bond donors (Lipinski definition) is 3. The molecule has 3 N–H and O–H groups in total. The van der Waals surface area contributed by atoms with Gasteiger partial charge in [0.2, 0.25) is 6.41 Å². The first-order valence-electron chi connectivity index (χ1n) is 15.1. The Morgan fingerprint density at radius 2 is 1.98 bits per heavy atom. The Morgan fingerprint density at radius 1 is 1.19 bits per heavy atom. The first kappa shape index (κ1) is 34.1. The number of aliphatic hydroxyl groups is 1. The van der Waals surface area contributed by atoms with Crippen LogP contribution in [0, 0.1) is 5.92 Å². The van der Waals surface area contributed by atoms with E-state index in [1.807, 2.05) is 18.2 Å². The summed E-state index contributed by atoms with van der Waals surface area (Å²) in [6.45, 7) is 9.89. The summed E-state index contributed by atoms with van der Waals surface area (Å²) in [6.07, 6.45) is 12.8. The molecular formula is C33H48ClN3O4S. The van der Waals surface area contributed by atoms with Crippen LogP contribution in [0.1, 0.15) is 76.3 Å². The van der Waals surface area contributed by atoms with Crippen LogP contribution in [0.25, 0.3) is 0 Å². The van der Waals surface area contributed by atoms with E-state index in [9.17, 15) is 9.00 Å². The maximum atomic E-state index is 12.6. The van der Waals surface area contributed by atoms with Crippen molar-refractivity contribution in [1.82, 2.24) is 10.0 Å². The van der Waals surface area contributed by atoms with Crippen molar-refractivity contribution in [2.75, 3.05) is 38.3 Å². The zero-order valence-corrected chi connectivity index (χ0v) is 27.1. The standard InChI is InChI=1S/C32H44ClN3O3S.CH4O/c1-4-8-25-19-27(33)10-12-29(25)26-21-36(18-14-24(5-2)9-6-7-17-34-32(3)15-16-32)30-20-28(40(38)35-23-37)11-13-31(30)39-22-26;1-2/h6-7,10-13,19-20,23-24,26,34H,4-5,8-9,14-18,21-22H2,1-3H3,(H,35,37);2H,1H3/b7-6+;. The van der Waals surface area contributed by atoms with Crippen molar-refractivity contribution in [3.05, 3.63) is 64.7 Å². The van der Waals surface area contributed by atoms with Crippen molar-refractivity contribution in [3.8, 4) is 5.75 Å². The van der Waals surface area contributed by atoms with Gasteiger partial charge in [0, 0.05) is 43.2 Å². The van der Waals surface area contributed by atoms with E-state index in [1.54, 1.807) is 6.07 Å². The van der Waals surface area contributed by atoms with E-state index in [0.29, 0.717) is 29.4 Å². The zero-order chi connectivity index (χ0) is 30.5. The summed E-state index contributed by atoms with van der Waals surface area (Å²) >= 11 is 6.37. The number of fused-ring (bicyclic) bond motifs is 1. The molecule has 0 bridgehead atoms. The first-order valence-corrected chi connectivity index (χ1v) is 16.6. The SMILES string of the molecule is CCCc1cc(Cl)ccc1C1COc2ccc(S(=O)NC=O)cc2N(CCC(CC)C/C=C/CNC2(C)CC2)C1.CO. The summed E-state index contributed by atoms with van der Waals surface area (Å²) in [6, 6.07) is 11.8. The number of ether oxygens (including phenoxy) is 1. The number of halogens is 1. The maximum Gasteiger partial charge on any atom is 0.219 e. The molecule has 0 saturated heterocycles. The highest BCUT2D eigenvalue weighted by molar-refractivity contribution is 7.83. The number of allylic oxidation sites excluding steroid dienone is 1. The van der Waals surface area contributed by atoms with Gasteiger partial charge in [0.1, 0.15) is 5.75 Å². The minimum absolute atomic E-state index is 0.170. The molecule has 1 saturated carbocycles. The lowest BCUT2D eigenvalue weighted by molar-refractivity contribution is -0.108. The molecular weight excluding hydrogens is 570 g/mol. The summed E-state index contributed by atoms with van der Waals surface area (Å²) in [5, 5.41) is 11.4. The Balaban J connectivity index is 0.00000237. The molecule has 7 nitrogen and oxygen atoms in total. The molecule has 0 aromatic heterocycles. The number of aliphatic hydroxyl groups excluding tert-OH is 1. The Bertz CT molecular complexity index is 1200. The van der Waals surface area contributed by atoms with Crippen LogP contribution in [0.4, 0.5) is 5.69 Å². The highest BCUT2D eigenvalue weighted by Gasteiger charge is 2.35. The molecule has 232 valence electrons. The smallest absolute Gasteiger partial charge is 0.219 e. The maximum absolute atomic E-state index is 12.6. The molecule has 1 fully saturated rings. The third kappa shape index (κ3) is 9.83. The predicted octanol–water partition coefficient (Wildman–Crippen LogP) is 6.16. The Labute approximate surface area is 259 Å². The molecule has 2 aromatic carbocycles. The zero-order valence-electron chi connectivity index (χ0n) is 25.5. The van der Waals surface area contributed by atoms with Gasteiger partial charge >= 0.3 is 0 Å². The fourth-order valence-corrected chi connectivity index (χ4v) is 6.26. The van der Waals surface area contributed by atoms with Gasteiger partial charge in [0.25, 0.3) is 0 Å². The van der Waals surface area contributed by atoms with E-state index in [4.69, 9.17) is 21.4 Å². The minimum atomic E-state index is -1.61. The summed E-state index contributed by atoms with van der Waals surface area (Å²) in [5.41, 5.74) is 3.84. The lowest BCUT2D eigenvalue weighted by Gasteiger charge is -2.29. The van der Waals surface area contributed by atoms with E-state index in [0.717, 1.165) is 75.3 Å². The van der Waals surface area contributed by atoms with Crippen LogP contribution in [-0.2, 0) is 22.2 Å². The van der Waals surface area contributed by atoms with Crippen LogP contribution in [0.3, 0.4) is 0 Å². The summed E-state index contributed by atoms with van der Waals surface area (Å²) in [5.74, 6) is 1.52. The number of carbonyl (C=O) groups excluding carboxylic acids is 1. The number of hydrogen-bond acceptors (Lipinski definition) is 6. The van der Waals surface area contributed by atoms with Gasteiger partial charge in [-0.3, -0.25) is 9.52 Å². The molecule has 0 radical (unpaired) electrons. The summed E-state index contributed by atoms with van der Waals surface area (Å²) in [7, 11) is -0.609. The molecule has 1 heterocycles. The van der Waals surface area contributed by atoms with Crippen LogP contribution in [0.5, 0.6) is 5.75 Å². The summed E-state index contributed by atoms with van der Waals surface area (Å²) in [4.78, 5) is 13.9. The molecule has 9 heteroatoms. The Hall–Kier alpha value is -2.39. The van der Waals surface area contributed by atoms with Gasteiger partial charge in [-0.2, -0.15) is 0 Å². The minimum Gasteiger partial charge on any atom is -0.491 e. The second-order valence-corrected chi connectivity index (χ2v) is 13.1. The topological polar surface area (TPSA) is 90.9 Å². The molecule has 0 spiro atoms. The predicted molar refractivity (Wildman–Crippen MR) is 174 cm³/mol. The number of nitrogens with zero attached hydrogens (tertiary/aromatic N) is 1.